The molecule has 0 fully saturated rings. The minimum absolute atomic E-state index is 0.0487. The van der Waals surface area contributed by atoms with Gasteiger partial charge in [0.2, 0.25) is 10.0 Å². The van der Waals surface area contributed by atoms with Crippen LogP contribution in [0.25, 0.3) is 11.1 Å². The van der Waals surface area contributed by atoms with E-state index < -0.39 is 41.5 Å². The third-order valence-electron chi connectivity index (χ3n) is 4.43. The van der Waals surface area contributed by atoms with E-state index in [1.165, 1.54) is 12.3 Å². The number of primary sulfonamides is 1. The Kier molecular flexibility index (Phi) is 5.99. The van der Waals surface area contributed by atoms with Crippen molar-refractivity contribution in [3.05, 3.63) is 36.0 Å². The lowest BCUT2D eigenvalue weighted by Gasteiger charge is -2.18. The van der Waals surface area contributed by atoms with Gasteiger partial charge in [-0.3, -0.25) is 0 Å². The lowest BCUT2D eigenvalue weighted by atomic mass is 9.99. The Hall–Kier alpha value is -2.74. The van der Waals surface area contributed by atoms with Crippen LogP contribution in [0.2, 0.25) is 0 Å². The van der Waals surface area contributed by atoms with Gasteiger partial charge in [0.25, 0.3) is 0 Å². The Bertz CT molecular complexity index is 1260. The summed E-state index contributed by atoms with van der Waals surface area (Å²) in [5.41, 5.74) is 6.40. The first-order valence-electron chi connectivity index (χ1n) is 8.80. The Morgan fingerprint density at radius 2 is 1.90 bits per heavy atom. The number of aromatic nitrogens is 1. The molecule has 0 amide bonds. The number of pyridine rings is 1. The van der Waals surface area contributed by atoms with Gasteiger partial charge in [0, 0.05) is 11.8 Å². The molecule has 1 aromatic heterocycles. The third kappa shape index (κ3) is 4.23. The zero-order valence-electron chi connectivity index (χ0n) is 15.9. The topological polar surface area (TPSA) is 191 Å². The summed E-state index contributed by atoms with van der Waals surface area (Å²) < 4.78 is 51.0. The lowest BCUT2D eigenvalue weighted by Crippen LogP contribution is -2.25. The molecule has 0 saturated heterocycles. The first kappa shape index (κ1) is 22.0. The van der Waals surface area contributed by atoms with E-state index in [4.69, 9.17) is 10.9 Å². The second-order valence-electron chi connectivity index (χ2n) is 6.50. The van der Waals surface area contributed by atoms with E-state index in [-0.39, 0.29) is 35.9 Å². The highest BCUT2D eigenvalue weighted by Gasteiger charge is 2.33. The monoisotopic (exact) mass is 452 g/mol. The predicted molar refractivity (Wildman–Crippen MR) is 110 cm³/mol. The smallest absolute Gasteiger partial charge is 0.240 e. The molecule has 0 aliphatic carbocycles. The molecule has 1 atom stereocenters. The van der Waals surface area contributed by atoms with Gasteiger partial charge in [-0.05, 0) is 30.2 Å². The minimum atomic E-state index is -4.58. The molecular weight excluding hydrogens is 432 g/mol. The van der Waals surface area contributed by atoms with Crippen LogP contribution in [0.4, 0.5) is 5.82 Å². The van der Waals surface area contributed by atoms with Crippen molar-refractivity contribution in [2.75, 3.05) is 18.2 Å². The van der Waals surface area contributed by atoms with Gasteiger partial charge in [0.05, 0.1) is 22.3 Å². The Morgan fingerprint density at radius 3 is 2.47 bits per heavy atom. The van der Waals surface area contributed by atoms with E-state index in [0.29, 0.717) is 5.56 Å². The van der Waals surface area contributed by atoms with Crippen LogP contribution in [-0.2, 0) is 19.9 Å². The van der Waals surface area contributed by atoms with Gasteiger partial charge in [-0.15, -0.1) is 5.11 Å². The summed E-state index contributed by atoms with van der Waals surface area (Å²) >= 11 is 0. The van der Waals surface area contributed by atoms with Crippen LogP contribution in [0.5, 0.6) is 0 Å². The summed E-state index contributed by atoms with van der Waals surface area (Å²) in [6, 6.07) is 5.69. The van der Waals surface area contributed by atoms with Crippen molar-refractivity contribution in [3.63, 3.8) is 0 Å². The zero-order chi connectivity index (χ0) is 22.1. The number of aliphatic hydroxyl groups excluding tert-OH is 1. The molecule has 1 aromatic carbocycles. The van der Waals surface area contributed by atoms with Crippen molar-refractivity contribution >= 4 is 31.5 Å². The normalized spacial score (nSPS) is 15.2. The van der Waals surface area contributed by atoms with Crippen LogP contribution in [0, 0.1) is 0 Å². The Balaban J connectivity index is 2.43. The lowest BCUT2D eigenvalue weighted by molar-refractivity contribution is 0.193. The van der Waals surface area contributed by atoms with Gasteiger partial charge in [-0.25, -0.2) is 32.0 Å². The van der Waals surface area contributed by atoms with Gasteiger partial charge in [-0.1, -0.05) is 13.0 Å². The second kappa shape index (κ2) is 8.18. The molecule has 2 aromatic rings. The summed E-state index contributed by atoms with van der Waals surface area (Å²) in [4.78, 5) is 6.82. The number of rotatable bonds is 7. The maximum absolute atomic E-state index is 12.9. The average Bonchev–Trinajstić information content (AvgIpc) is 3.20. The van der Waals surface area contributed by atoms with Crippen molar-refractivity contribution in [1.82, 2.24) is 4.98 Å². The Morgan fingerprint density at radius 1 is 1.17 bits per heavy atom. The van der Waals surface area contributed by atoms with Gasteiger partial charge in [0.1, 0.15) is 10.7 Å². The molecular formula is C17H20N6O5S2. The summed E-state index contributed by atoms with van der Waals surface area (Å²) in [6.45, 7) is 1.56. The summed E-state index contributed by atoms with van der Waals surface area (Å²) in [5.74, 6) is -0.676. The van der Waals surface area contributed by atoms with E-state index in [1.807, 2.05) is 0 Å². The molecule has 3 rings (SSSR count). The highest BCUT2D eigenvalue weighted by molar-refractivity contribution is 7.93. The Labute approximate surface area is 173 Å². The maximum Gasteiger partial charge on any atom is 0.240 e. The van der Waals surface area contributed by atoms with E-state index in [0.717, 1.165) is 6.07 Å². The molecule has 5 N–H and O–H groups in total. The predicted octanol–water partition coefficient (Wildman–Crippen LogP) is 0.693. The first-order chi connectivity index (χ1) is 14.1. The van der Waals surface area contributed by atoms with Crippen molar-refractivity contribution in [1.29, 1.82) is 0 Å². The molecule has 1 aliphatic heterocycles. The average molecular weight is 453 g/mol. The highest BCUT2D eigenvalue weighted by Crippen LogP contribution is 2.37. The van der Waals surface area contributed by atoms with Crippen LogP contribution >= 0.6 is 0 Å². The molecule has 11 nitrogen and oxygen atoms in total. The van der Waals surface area contributed by atoms with Crippen LogP contribution in [0.3, 0.4) is 0 Å². The molecule has 0 spiro atoms. The van der Waals surface area contributed by atoms with E-state index in [1.54, 1.807) is 19.1 Å². The number of nitrogens with zero attached hydrogens (tertiary/aromatic N) is 4. The number of benzene rings is 1. The largest absolute Gasteiger partial charge is 0.392 e. The van der Waals surface area contributed by atoms with Crippen molar-refractivity contribution in [2.24, 2.45) is 20.4 Å². The molecule has 30 heavy (non-hydrogen) atoms. The van der Waals surface area contributed by atoms with E-state index in [9.17, 15) is 21.9 Å². The number of azo groups is 1. The van der Waals surface area contributed by atoms with Crippen molar-refractivity contribution in [2.45, 2.75) is 29.2 Å². The fourth-order valence-electron chi connectivity index (χ4n) is 3.00. The van der Waals surface area contributed by atoms with Crippen LogP contribution in [0.15, 0.2) is 55.5 Å². The first-order valence-corrected chi connectivity index (χ1v) is 12.0. The number of nitrogen functional groups attached to an aromatic ring is 1. The quantitative estimate of drug-likeness (QED) is 0.550. The van der Waals surface area contributed by atoms with Gasteiger partial charge in [-0.2, -0.15) is 5.11 Å². The van der Waals surface area contributed by atoms with E-state index >= 15 is 0 Å². The van der Waals surface area contributed by atoms with Crippen LogP contribution in [0.1, 0.15) is 18.9 Å². The summed E-state index contributed by atoms with van der Waals surface area (Å²) in [7, 11) is -8.80. The second-order valence-corrected chi connectivity index (χ2v) is 10.0. The maximum atomic E-state index is 12.9. The number of amidine groups is 1. The molecule has 0 radical (unpaired) electrons. The number of aliphatic imine (C=N–C) groups is 1. The molecule has 160 valence electrons. The molecule has 0 bridgehead atoms. The number of nitrogens with two attached hydrogens (primary N) is 2. The number of sulfonamides is 1. The van der Waals surface area contributed by atoms with Crippen molar-refractivity contribution < 1.29 is 21.9 Å². The third-order valence-corrected chi connectivity index (χ3v) is 7.38. The highest BCUT2D eigenvalue weighted by atomic mass is 32.2. The van der Waals surface area contributed by atoms with Crippen LogP contribution < -0.4 is 10.9 Å². The summed E-state index contributed by atoms with van der Waals surface area (Å²) in [5, 5.41) is 22.9. The standard InChI is InChI=1S/C17H20N6O5S2/c1-2-10(24)8-29(25,26)13-6-5-11(12-4-3-7-20-16(12)18)14(15(13)30(19,27)28)17-21-9-22-23-17/h3-7,10,24H,2,8-9H2,1H3,(H2,18,20)(H2,19,27,28)/t10-/m1/s1. The number of hydrogen-bond donors (Lipinski definition) is 3. The fourth-order valence-corrected chi connectivity index (χ4v) is 6.15. The zero-order valence-corrected chi connectivity index (χ0v) is 17.6. The molecule has 13 heteroatoms. The molecule has 0 saturated carbocycles. The number of sulfone groups is 1. The summed E-state index contributed by atoms with van der Waals surface area (Å²) in [6.07, 6.45) is 0.447. The van der Waals surface area contributed by atoms with E-state index in [2.05, 4.69) is 20.2 Å². The SMILES string of the molecule is CC[C@@H](O)CS(=O)(=O)c1ccc(-c2cccnc2N)c(C2=NCN=N2)c1S(N)(=O)=O. The van der Waals surface area contributed by atoms with Gasteiger partial charge in [0.15, 0.2) is 22.3 Å². The van der Waals surface area contributed by atoms with Gasteiger partial charge < -0.3 is 10.8 Å². The molecule has 0 unspecified atom stereocenters. The van der Waals surface area contributed by atoms with Crippen molar-refractivity contribution in [3.8, 4) is 11.1 Å². The number of anilines is 1. The fraction of sp³-hybridized carbons (Fsp3) is 0.294. The number of aliphatic hydroxyl groups is 1. The van der Waals surface area contributed by atoms with Gasteiger partial charge >= 0.3 is 0 Å². The number of hydrogen-bond acceptors (Lipinski definition) is 10. The minimum Gasteiger partial charge on any atom is -0.392 e. The molecule has 1 aliphatic rings. The van der Waals surface area contributed by atoms with Crippen LogP contribution in [-0.4, -0.2) is 51.3 Å². The molecule has 2 heterocycles.